The number of rotatable bonds is 4. The van der Waals surface area contributed by atoms with E-state index < -0.39 is 11.6 Å². The number of likely N-dealkylation sites (tertiary alicyclic amines) is 1. The van der Waals surface area contributed by atoms with Gasteiger partial charge in [0.15, 0.2) is 0 Å². The van der Waals surface area contributed by atoms with Gasteiger partial charge in [0.25, 0.3) is 0 Å². The van der Waals surface area contributed by atoms with Crippen LogP contribution in [0.2, 0.25) is 0 Å². The third-order valence-electron chi connectivity index (χ3n) is 4.61. The van der Waals surface area contributed by atoms with Crippen LogP contribution in [0.3, 0.4) is 0 Å². The van der Waals surface area contributed by atoms with Crippen LogP contribution in [0.25, 0.3) is 6.08 Å². The van der Waals surface area contributed by atoms with Crippen LogP contribution in [-0.2, 0) is 4.79 Å². The molecule has 0 aliphatic carbocycles. The lowest BCUT2D eigenvalue weighted by Gasteiger charge is -2.39. The molecule has 1 aliphatic rings. The van der Waals surface area contributed by atoms with Crippen LogP contribution in [0.15, 0.2) is 24.3 Å². The second-order valence-corrected chi connectivity index (χ2v) is 5.81. The maximum Gasteiger partial charge on any atom is 0.246 e. The highest BCUT2D eigenvalue weighted by Gasteiger charge is 2.33. The highest BCUT2D eigenvalue weighted by molar-refractivity contribution is 5.91. The Kier molecular flexibility index (Phi) is 5.29. The molecule has 1 fully saturated rings. The summed E-state index contributed by atoms with van der Waals surface area (Å²) < 4.78 is 27.0. The molecule has 120 valence electrons. The minimum Gasteiger partial charge on any atom is -0.396 e. The molecule has 0 bridgehead atoms. The topological polar surface area (TPSA) is 40.5 Å². The summed E-state index contributed by atoms with van der Waals surface area (Å²) in [5.41, 5.74) is -0.302. The second-order valence-electron chi connectivity index (χ2n) is 5.81. The highest BCUT2D eigenvalue weighted by atomic mass is 19.1. The van der Waals surface area contributed by atoms with Crippen LogP contribution >= 0.6 is 0 Å². The SMILES string of the molecule is CCC1(CO)CCN(C(=O)/C=C/c2c(F)cccc2F)CC1. The zero-order valence-corrected chi connectivity index (χ0v) is 12.7. The van der Waals surface area contributed by atoms with Gasteiger partial charge < -0.3 is 10.0 Å². The van der Waals surface area contributed by atoms with Crippen LogP contribution in [0, 0.1) is 17.0 Å². The van der Waals surface area contributed by atoms with E-state index in [1.165, 1.54) is 18.2 Å². The van der Waals surface area contributed by atoms with E-state index in [0.29, 0.717) is 13.1 Å². The first-order valence-electron chi connectivity index (χ1n) is 7.53. The van der Waals surface area contributed by atoms with Gasteiger partial charge in [-0.25, -0.2) is 8.78 Å². The van der Waals surface area contributed by atoms with Crippen molar-refractivity contribution in [3.8, 4) is 0 Å². The van der Waals surface area contributed by atoms with E-state index in [0.717, 1.165) is 31.4 Å². The Morgan fingerprint density at radius 2 is 1.91 bits per heavy atom. The molecule has 1 heterocycles. The van der Waals surface area contributed by atoms with Gasteiger partial charge in [-0.3, -0.25) is 4.79 Å². The van der Waals surface area contributed by atoms with Gasteiger partial charge in [0.2, 0.25) is 5.91 Å². The fraction of sp³-hybridized carbons (Fsp3) is 0.471. The number of piperidine rings is 1. The molecule has 3 nitrogen and oxygen atoms in total. The van der Waals surface area contributed by atoms with Crippen molar-refractivity contribution in [2.24, 2.45) is 5.41 Å². The summed E-state index contributed by atoms with van der Waals surface area (Å²) in [5.74, 6) is -1.63. The molecule has 1 amide bonds. The fourth-order valence-corrected chi connectivity index (χ4v) is 2.75. The van der Waals surface area contributed by atoms with Crippen molar-refractivity contribution < 1.29 is 18.7 Å². The number of hydrogen-bond donors (Lipinski definition) is 1. The standard InChI is InChI=1S/C17H21F2NO2/c1-2-17(12-21)8-10-20(11-9-17)16(22)7-6-13-14(18)4-3-5-15(13)19/h3-7,21H,2,8-12H2,1H3/b7-6+. The monoisotopic (exact) mass is 309 g/mol. The van der Waals surface area contributed by atoms with Gasteiger partial charge in [0, 0.05) is 31.3 Å². The number of nitrogens with zero attached hydrogens (tertiary/aromatic N) is 1. The van der Waals surface area contributed by atoms with Gasteiger partial charge in [0.05, 0.1) is 0 Å². The molecule has 0 aromatic heterocycles. The number of halogens is 2. The first-order chi connectivity index (χ1) is 10.5. The zero-order chi connectivity index (χ0) is 16.2. The van der Waals surface area contributed by atoms with E-state index in [1.807, 2.05) is 6.92 Å². The Hall–Kier alpha value is -1.75. The van der Waals surface area contributed by atoms with Crippen molar-refractivity contribution in [2.75, 3.05) is 19.7 Å². The maximum atomic E-state index is 13.5. The van der Waals surface area contributed by atoms with Crippen molar-refractivity contribution >= 4 is 12.0 Å². The lowest BCUT2D eigenvalue weighted by molar-refractivity contribution is -0.128. The molecular formula is C17H21F2NO2. The van der Waals surface area contributed by atoms with Crippen LogP contribution in [-0.4, -0.2) is 35.6 Å². The molecule has 1 saturated heterocycles. The quantitative estimate of drug-likeness (QED) is 0.869. The van der Waals surface area contributed by atoms with Crippen LogP contribution in [0.1, 0.15) is 31.7 Å². The molecule has 2 rings (SSSR count). The number of aliphatic hydroxyl groups excluding tert-OH is 1. The summed E-state index contributed by atoms with van der Waals surface area (Å²) in [5, 5.41) is 9.48. The summed E-state index contributed by atoms with van der Waals surface area (Å²) in [6.45, 7) is 3.27. The first kappa shape index (κ1) is 16.6. The van der Waals surface area contributed by atoms with Crippen LogP contribution < -0.4 is 0 Å². The summed E-state index contributed by atoms with van der Waals surface area (Å²) in [6, 6.07) is 3.60. The molecule has 0 spiro atoms. The summed E-state index contributed by atoms with van der Waals surface area (Å²) >= 11 is 0. The van der Waals surface area contributed by atoms with E-state index in [2.05, 4.69) is 0 Å². The largest absolute Gasteiger partial charge is 0.396 e. The Labute approximate surface area is 129 Å². The highest BCUT2D eigenvalue weighted by Crippen LogP contribution is 2.34. The van der Waals surface area contributed by atoms with Crippen molar-refractivity contribution in [2.45, 2.75) is 26.2 Å². The van der Waals surface area contributed by atoms with Gasteiger partial charge in [-0.2, -0.15) is 0 Å². The van der Waals surface area contributed by atoms with Crippen LogP contribution in [0.4, 0.5) is 8.78 Å². The molecule has 0 saturated carbocycles. The van der Waals surface area contributed by atoms with Gasteiger partial charge in [0.1, 0.15) is 11.6 Å². The third kappa shape index (κ3) is 3.53. The van der Waals surface area contributed by atoms with Crippen molar-refractivity contribution in [3.05, 3.63) is 41.5 Å². The maximum absolute atomic E-state index is 13.5. The van der Waals surface area contributed by atoms with Gasteiger partial charge in [-0.1, -0.05) is 13.0 Å². The van der Waals surface area contributed by atoms with E-state index in [1.54, 1.807) is 4.90 Å². The smallest absolute Gasteiger partial charge is 0.246 e. The zero-order valence-electron chi connectivity index (χ0n) is 12.7. The Balaban J connectivity index is 2.01. The minimum atomic E-state index is -0.687. The first-order valence-corrected chi connectivity index (χ1v) is 7.53. The Morgan fingerprint density at radius 1 is 1.32 bits per heavy atom. The lowest BCUT2D eigenvalue weighted by atomic mass is 9.77. The molecule has 1 aliphatic heterocycles. The Bertz CT molecular complexity index is 538. The molecule has 1 N–H and O–H groups in total. The number of carbonyl (C=O) groups is 1. The number of benzene rings is 1. The predicted octanol–water partition coefficient (Wildman–Crippen LogP) is 2.99. The number of hydrogen-bond acceptors (Lipinski definition) is 2. The fourth-order valence-electron chi connectivity index (χ4n) is 2.75. The predicted molar refractivity (Wildman–Crippen MR) is 81.0 cm³/mol. The minimum absolute atomic E-state index is 0.0991. The number of amides is 1. The average molecular weight is 309 g/mol. The molecule has 0 radical (unpaired) electrons. The third-order valence-corrected chi connectivity index (χ3v) is 4.61. The van der Waals surface area contributed by atoms with E-state index in [4.69, 9.17) is 0 Å². The molecule has 0 unspecified atom stereocenters. The van der Waals surface area contributed by atoms with E-state index in [-0.39, 0.29) is 23.5 Å². The van der Waals surface area contributed by atoms with E-state index in [9.17, 15) is 18.7 Å². The lowest BCUT2D eigenvalue weighted by Crippen LogP contribution is -2.43. The van der Waals surface area contributed by atoms with Crippen molar-refractivity contribution in [1.82, 2.24) is 4.90 Å². The van der Waals surface area contributed by atoms with E-state index >= 15 is 0 Å². The van der Waals surface area contributed by atoms with Crippen molar-refractivity contribution in [1.29, 1.82) is 0 Å². The molecule has 0 atom stereocenters. The molecule has 22 heavy (non-hydrogen) atoms. The molecular weight excluding hydrogens is 288 g/mol. The summed E-state index contributed by atoms with van der Waals surface area (Å²) in [6.07, 6.45) is 4.75. The number of aliphatic hydroxyl groups is 1. The molecule has 5 heteroatoms. The second kappa shape index (κ2) is 7.01. The van der Waals surface area contributed by atoms with Crippen molar-refractivity contribution in [3.63, 3.8) is 0 Å². The Morgan fingerprint density at radius 3 is 2.41 bits per heavy atom. The average Bonchev–Trinajstić information content (AvgIpc) is 2.54. The molecule has 1 aromatic carbocycles. The van der Waals surface area contributed by atoms with Crippen LogP contribution in [0.5, 0.6) is 0 Å². The van der Waals surface area contributed by atoms with Gasteiger partial charge in [-0.15, -0.1) is 0 Å². The number of carbonyl (C=O) groups excluding carboxylic acids is 1. The summed E-state index contributed by atoms with van der Waals surface area (Å²) in [7, 11) is 0. The van der Waals surface area contributed by atoms with Gasteiger partial charge >= 0.3 is 0 Å². The molecule has 1 aromatic rings. The summed E-state index contributed by atoms with van der Waals surface area (Å²) in [4.78, 5) is 13.8. The normalized spacial score (nSPS) is 17.9. The van der Waals surface area contributed by atoms with Gasteiger partial charge in [-0.05, 0) is 42.9 Å².